The highest BCUT2D eigenvalue weighted by atomic mass is 35.5. The van der Waals surface area contributed by atoms with Gasteiger partial charge in [-0.1, -0.05) is 44.5 Å². The molecule has 0 saturated carbocycles. The van der Waals surface area contributed by atoms with Crippen molar-refractivity contribution in [3.8, 4) is 0 Å². The van der Waals surface area contributed by atoms with Crippen molar-refractivity contribution in [3.05, 3.63) is 59.1 Å². The van der Waals surface area contributed by atoms with Gasteiger partial charge in [-0.05, 0) is 53.8 Å². The Morgan fingerprint density at radius 1 is 0.893 bits per heavy atom. The minimum absolute atomic E-state index is 0.0473. The van der Waals surface area contributed by atoms with Gasteiger partial charge in [0.15, 0.2) is 9.84 Å². The molecule has 1 atom stereocenters. The fourth-order valence-corrected chi connectivity index (χ4v) is 6.67. The molecule has 1 saturated heterocycles. The first-order chi connectivity index (χ1) is 12.9. The Morgan fingerprint density at radius 2 is 1.43 bits per heavy atom. The molecule has 0 bridgehead atoms. The van der Waals surface area contributed by atoms with Gasteiger partial charge >= 0.3 is 0 Å². The van der Waals surface area contributed by atoms with Crippen LogP contribution in [0.25, 0.3) is 0 Å². The standard InChI is InChI=1S/C20H24ClNO4S2/c1-20(2,3)15-4-8-18(9-5-15)28(25,26)22-13-12-19(14-22)27(23,24)17-10-6-16(21)7-11-17/h4-11,19H,12-14H2,1-3H3. The lowest BCUT2D eigenvalue weighted by Gasteiger charge is -2.20. The van der Waals surface area contributed by atoms with Crippen LogP contribution in [0.15, 0.2) is 58.3 Å². The van der Waals surface area contributed by atoms with Crippen LogP contribution in [0.3, 0.4) is 0 Å². The Balaban J connectivity index is 1.81. The molecule has 8 heteroatoms. The first-order valence-electron chi connectivity index (χ1n) is 9.02. The average molecular weight is 442 g/mol. The summed E-state index contributed by atoms with van der Waals surface area (Å²) in [6, 6.07) is 12.8. The van der Waals surface area contributed by atoms with Crippen molar-refractivity contribution < 1.29 is 16.8 Å². The number of sulfone groups is 1. The molecular formula is C20H24ClNO4S2. The number of nitrogens with zero attached hydrogens (tertiary/aromatic N) is 1. The van der Waals surface area contributed by atoms with Crippen LogP contribution in [0.2, 0.25) is 5.02 Å². The Kier molecular flexibility index (Phi) is 5.66. The van der Waals surface area contributed by atoms with Crippen molar-refractivity contribution in [2.45, 2.75) is 47.6 Å². The van der Waals surface area contributed by atoms with Gasteiger partial charge < -0.3 is 0 Å². The molecule has 0 radical (unpaired) electrons. The number of benzene rings is 2. The first kappa shape index (κ1) is 21.3. The molecule has 2 aromatic rings. The molecule has 1 aliphatic heterocycles. The van der Waals surface area contributed by atoms with Crippen molar-refractivity contribution >= 4 is 31.5 Å². The van der Waals surface area contributed by atoms with Crippen LogP contribution in [0.4, 0.5) is 0 Å². The van der Waals surface area contributed by atoms with Gasteiger partial charge in [-0.15, -0.1) is 0 Å². The smallest absolute Gasteiger partial charge is 0.223 e. The molecule has 0 N–H and O–H groups in total. The maximum Gasteiger partial charge on any atom is 0.243 e. The molecule has 0 aromatic heterocycles. The number of hydrogen-bond acceptors (Lipinski definition) is 4. The second-order valence-electron chi connectivity index (χ2n) is 8.05. The molecule has 0 amide bonds. The third-order valence-corrected chi connectivity index (χ3v) is 9.37. The molecular weight excluding hydrogens is 418 g/mol. The van der Waals surface area contributed by atoms with Crippen molar-refractivity contribution in [3.63, 3.8) is 0 Å². The lowest BCUT2D eigenvalue weighted by Crippen LogP contribution is -2.32. The maximum absolute atomic E-state index is 13.0. The fraction of sp³-hybridized carbons (Fsp3) is 0.400. The lowest BCUT2D eigenvalue weighted by molar-refractivity contribution is 0.476. The minimum atomic E-state index is -3.74. The molecule has 1 fully saturated rings. The van der Waals surface area contributed by atoms with Crippen LogP contribution in [0, 0.1) is 0 Å². The van der Waals surface area contributed by atoms with E-state index in [0.29, 0.717) is 5.02 Å². The van der Waals surface area contributed by atoms with E-state index >= 15 is 0 Å². The van der Waals surface area contributed by atoms with Gasteiger partial charge in [0.2, 0.25) is 10.0 Å². The number of hydrogen-bond donors (Lipinski definition) is 0. The summed E-state index contributed by atoms with van der Waals surface area (Å²) in [6.45, 7) is 6.31. The van der Waals surface area contributed by atoms with Crippen LogP contribution in [0.1, 0.15) is 32.8 Å². The maximum atomic E-state index is 13.0. The van der Waals surface area contributed by atoms with Crippen LogP contribution < -0.4 is 0 Å². The summed E-state index contributed by atoms with van der Waals surface area (Å²) in [5, 5.41) is -0.314. The summed E-state index contributed by atoms with van der Waals surface area (Å²) in [5.41, 5.74) is 0.962. The highest BCUT2D eigenvalue weighted by molar-refractivity contribution is 7.92. The molecule has 1 aliphatic rings. The van der Waals surface area contributed by atoms with E-state index < -0.39 is 25.1 Å². The fourth-order valence-electron chi connectivity index (χ4n) is 3.26. The van der Waals surface area contributed by atoms with E-state index in [1.807, 2.05) is 12.1 Å². The van der Waals surface area contributed by atoms with Crippen LogP contribution in [0.5, 0.6) is 0 Å². The Hall–Kier alpha value is -1.41. The lowest BCUT2D eigenvalue weighted by atomic mass is 9.87. The van der Waals surface area contributed by atoms with Gasteiger partial charge in [0.1, 0.15) is 0 Å². The van der Waals surface area contributed by atoms with E-state index in [-0.39, 0.29) is 34.7 Å². The zero-order valence-electron chi connectivity index (χ0n) is 16.1. The number of rotatable bonds is 4. The normalized spacial score (nSPS) is 19.1. The summed E-state index contributed by atoms with van der Waals surface area (Å²) >= 11 is 5.83. The predicted octanol–water partition coefficient (Wildman–Crippen LogP) is 3.87. The Morgan fingerprint density at radius 3 is 1.96 bits per heavy atom. The molecule has 3 rings (SSSR count). The summed E-state index contributed by atoms with van der Waals surface area (Å²) in [5.74, 6) is 0. The molecule has 5 nitrogen and oxygen atoms in total. The van der Waals surface area contributed by atoms with E-state index in [1.165, 1.54) is 28.6 Å². The third kappa shape index (κ3) is 4.13. The second-order valence-corrected chi connectivity index (χ2v) is 12.6. The predicted molar refractivity (Wildman–Crippen MR) is 111 cm³/mol. The highest BCUT2D eigenvalue weighted by Gasteiger charge is 2.39. The van der Waals surface area contributed by atoms with Gasteiger partial charge in [0, 0.05) is 18.1 Å². The van der Waals surface area contributed by atoms with Crippen LogP contribution in [-0.4, -0.2) is 39.5 Å². The summed E-state index contributed by atoms with van der Waals surface area (Å²) < 4.78 is 52.9. The summed E-state index contributed by atoms with van der Waals surface area (Å²) in [6.07, 6.45) is 0.268. The largest absolute Gasteiger partial charge is 0.243 e. The Labute approximate surface area is 172 Å². The molecule has 2 aromatic carbocycles. The third-order valence-electron chi connectivity index (χ3n) is 5.05. The topological polar surface area (TPSA) is 71.5 Å². The highest BCUT2D eigenvalue weighted by Crippen LogP contribution is 2.30. The molecule has 0 aliphatic carbocycles. The molecule has 1 unspecified atom stereocenters. The van der Waals surface area contributed by atoms with E-state index in [1.54, 1.807) is 12.1 Å². The zero-order valence-corrected chi connectivity index (χ0v) is 18.5. The van der Waals surface area contributed by atoms with E-state index in [9.17, 15) is 16.8 Å². The molecule has 1 heterocycles. The SMILES string of the molecule is CC(C)(C)c1ccc(S(=O)(=O)N2CCC(S(=O)(=O)c3ccc(Cl)cc3)C2)cc1. The summed E-state index contributed by atoms with van der Waals surface area (Å²) in [4.78, 5) is 0.348. The first-order valence-corrected chi connectivity index (χ1v) is 12.4. The van der Waals surface area contributed by atoms with E-state index in [4.69, 9.17) is 11.6 Å². The van der Waals surface area contributed by atoms with Crippen LogP contribution in [-0.2, 0) is 25.3 Å². The van der Waals surface area contributed by atoms with Gasteiger partial charge in [-0.25, -0.2) is 16.8 Å². The van der Waals surface area contributed by atoms with Gasteiger partial charge in [0.25, 0.3) is 0 Å². The number of halogens is 1. The van der Waals surface area contributed by atoms with E-state index in [2.05, 4.69) is 20.8 Å². The van der Waals surface area contributed by atoms with Crippen molar-refractivity contribution in [2.75, 3.05) is 13.1 Å². The molecule has 28 heavy (non-hydrogen) atoms. The second kappa shape index (κ2) is 7.44. The molecule has 152 valence electrons. The molecule has 0 spiro atoms. The summed E-state index contributed by atoms with van der Waals surface area (Å²) in [7, 11) is -7.36. The quantitative estimate of drug-likeness (QED) is 0.721. The minimum Gasteiger partial charge on any atom is -0.223 e. The van der Waals surface area contributed by atoms with Gasteiger partial charge in [-0.2, -0.15) is 4.31 Å². The van der Waals surface area contributed by atoms with Crippen molar-refractivity contribution in [1.82, 2.24) is 4.31 Å². The average Bonchev–Trinajstić information content (AvgIpc) is 3.13. The number of sulfonamides is 1. The monoisotopic (exact) mass is 441 g/mol. The van der Waals surface area contributed by atoms with Crippen molar-refractivity contribution in [2.24, 2.45) is 0 Å². The van der Waals surface area contributed by atoms with Crippen LogP contribution >= 0.6 is 11.6 Å². The van der Waals surface area contributed by atoms with Gasteiger partial charge in [0.05, 0.1) is 15.0 Å². The van der Waals surface area contributed by atoms with Crippen molar-refractivity contribution in [1.29, 1.82) is 0 Å². The van der Waals surface area contributed by atoms with E-state index in [0.717, 1.165) is 5.56 Å². The van der Waals surface area contributed by atoms with Gasteiger partial charge in [-0.3, -0.25) is 0 Å². The Bertz CT molecular complexity index is 1050. The zero-order chi connectivity index (χ0) is 20.7.